The van der Waals surface area contributed by atoms with Gasteiger partial charge in [-0.05, 0) is 42.4 Å². The van der Waals surface area contributed by atoms with Crippen molar-refractivity contribution in [3.63, 3.8) is 0 Å². The van der Waals surface area contributed by atoms with E-state index < -0.39 is 18.0 Å². The summed E-state index contributed by atoms with van der Waals surface area (Å²) in [6.07, 6.45) is 5.67. The second kappa shape index (κ2) is 18.0. The van der Waals surface area contributed by atoms with Crippen LogP contribution in [-0.2, 0) is 37.7 Å². The van der Waals surface area contributed by atoms with E-state index in [4.69, 9.17) is 4.74 Å². The van der Waals surface area contributed by atoms with Gasteiger partial charge in [0, 0.05) is 17.9 Å². The second-order valence-corrected chi connectivity index (χ2v) is 12.2. The Bertz CT molecular complexity index is 1340. The first-order chi connectivity index (χ1) is 21.5. The molecule has 2 amide bonds. The van der Waals surface area contributed by atoms with Gasteiger partial charge in [-0.2, -0.15) is 11.8 Å². The van der Waals surface area contributed by atoms with Gasteiger partial charge in [-0.3, -0.25) is 14.4 Å². The van der Waals surface area contributed by atoms with Crippen LogP contribution in [0.2, 0.25) is 0 Å². The molecule has 1 heterocycles. The Balaban J connectivity index is 1.44. The zero-order valence-electron chi connectivity index (χ0n) is 25.0. The van der Waals surface area contributed by atoms with E-state index in [1.54, 1.807) is 11.8 Å². The highest BCUT2D eigenvalue weighted by molar-refractivity contribution is 7.98. The van der Waals surface area contributed by atoms with Crippen molar-refractivity contribution in [2.24, 2.45) is 11.8 Å². The number of carbonyl (C=O) groups is 3. The molecular weight excluding hydrogens is 572 g/mol. The Labute approximate surface area is 264 Å². The molecule has 7 nitrogen and oxygen atoms in total. The monoisotopic (exact) mass is 614 g/mol. The fourth-order valence-electron chi connectivity index (χ4n) is 5.18. The summed E-state index contributed by atoms with van der Waals surface area (Å²) in [5.41, 5.74) is 3.24. The zero-order valence-corrected chi connectivity index (χ0v) is 25.8. The van der Waals surface area contributed by atoms with Gasteiger partial charge in [0.25, 0.3) is 0 Å². The SMILES string of the molecule is O=C(C[C@H]1CC=CC[C@@H](Cc2ccccc2)C(=O)OC[C@H](CSCc2ccccc2)NC1=O)N[C@H](CO)Cc1ccccc1. The number of nitrogens with one attached hydrogen (secondary N) is 2. The minimum atomic E-state index is -0.605. The fourth-order valence-corrected chi connectivity index (χ4v) is 6.19. The lowest BCUT2D eigenvalue weighted by atomic mass is 9.94. The molecule has 0 aliphatic carbocycles. The normalized spacial score (nSPS) is 20.0. The maximum atomic E-state index is 13.5. The smallest absolute Gasteiger partial charge is 0.309 e. The molecule has 3 aromatic rings. The number of rotatable bonds is 12. The number of benzene rings is 3. The number of hydrogen-bond donors (Lipinski definition) is 3. The quantitative estimate of drug-likeness (QED) is 0.198. The van der Waals surface area contributed by atoms with E-state index in [9.17, 15) is 19.5 Å². The molecule has 0 aromatic heterocycles. The predicted octanol–water partition coefficient (Wildman–Crippen LogP) is 4.88. The number of thioether (sulfide) groups is 1. The minimum Gasteiger partial charge on any atom is -0.463 e. The van der Waals surface area contributed by atoms with Crippen molar-refractivity contribution in [2.45, 2.75) is 49.9 Å². The van der Waals surface area contributed by atoms with Gasteiger partial charge in [-0.15, -0.1) is 0 Å². The maximum Gasteiger partial charge on any atom is 0.309 e. The van der Waals surface area contributed by atoms with Crippen LogP contribution in [-0.4, -0.2) is 53.9 Å². The third kappa shape index (κ3) is 11.3. The van der Waals surface area contributed by atoms with Crippen LogP contribution in [0.3, 0.4) is 0 Å². The molecule has 0 saturated heterocycles. The summed E-state index contributed by atoms with van der Waals surface area (Å²) in [5.74, 6) is -0.472. The molecule has 44 heavy (non-hydrogen) atoms. The largest absolute Gasteiger partial charge is 0.463 e. The third-order valence-electron chi connectivity index (χ3n) is 7.58. The van der Waals surface area contributed by atoms with Crippen LogP contribution >= 0.6 is 11.8 Å². The van der Waals surface area contributed by atoms with Crippen LogP contribution in [0.1, 0.15) is 36.0 Å². The highest BCUT2D eigenvalue weighted by Crippen LogP contribution is 2.20. The molecule has 0 radical (unpaired) electrons. The average molecular weight is 615 g/mol. The van der Waals surface area contributed by atoms with Crippen LogP contribution in [0.4, 0.5) is 0 Å². The van der Waals surface area contributed by atoms with Gasteiger partial charge in [0.1, 0.15) is 6.61 Å². The van der Waals surface area contributed by atoms with E-state index in [-0.39, 0.29) is 43.3 Å². The number of allylic oxidation sites excluding steroid dienone is 2. The first-order valence-corrected chi connectivity index (χ1v) is 16.4. The number of esters is 1. The number of cyclic esters (lactones) is 1. The lowest BCUT2D eigenvalue weighted by Crippen LogP contribution is -2.46. The molecule has 0 spiro atoms. The van der Waals surface area contributed by atoms with Crippen LogP contribution in [0.25, 0.3) is 0 Å². The highest BCUT2D eigenvalue weighted by Gasteiger charge is 2.27. The zero-order chi connectivity index (χ0) is 31.0. The van der Waals surface area contributed by atoms with Gasteiger partial charge in [0.05, 0.1) is 30.5 Å². The minimum absolute atomic E-state index is 0.0153. The molecule has 8 heteroatoms. The molecule has 1 aliphatic rings. The van der Waals surface area contributed by atoms with Crippen molar-refractivity contribution in [2.75, 3.05) is 19.0 Å². The lowest BCUT2D eigenvalue weighted by Gasteiger charge is -2.24. The fraction of sp³-hybridized carbons (Fsp3) is 0.361. The number of aliphatic hydroxyl groups is 1. The van der Waals surface area contributed by atoms with Crippen molar-refractivity contribution in [3.8, 4) is 0 Å². The highest BCUT2D eigenvalue weighted by atomic mass is 32.2. The van der Waals surface area contributed by atoms with Crippen molar-refractivity contribution in [1.29, 1.82) is 0 Å². The molecular formula is C36H42N2O5S. The van der Waals surface area contributed by atoms with Gasteiger partial charge in [-0.1, -0.05) is 103 Å². The Kier molecular flexibility index (Phi) is 13.5. The second-order valence-electron chi connectivity index (χ2n) is 11.2. The summed E-state index contributed by atoms with van der Waals surface area (Å²) in [6, 6.07) is 28.7. The van der Waals surface area contributed by atoms with E-state index in [0.717, 1.165) is 16.9 Å². The number of amides is 2. The van der Waals surface area contributed by atoms with Gasteiger partial charge < -0.3 is 20.5 Å². The van der Waals surface area contributed by atoms with Crippen LogP contribution in [0.15, 0.2) is 103 Å². The average Bonchev–Trinajstić information content (AvgIpc) is 3.04. The summed E-state index contributed by atoms with van der Waals surface area (Å²) >= 11 is 1.66. The molecule has 0 unspecified atom stereocenters. The molecule has 1 aliphatic heterocycles. The van der Waals surface area contributed by atoms with Crippen molar-refractivity contribution in [3.05, 3.63) is 120 Å². The number of hydrogen-bond acceptors (Lipinski definition) is 6. The summed E-state index contributed by atoms with van der Waals surface area (Å²) < 4.78 is 5.80. The van der Waals surface area contributed by atoms with Crippen molar-refractivity contribution < 1.29 is 24.2 Å². The molecule has 3 N–H and O–H groups in total. The molecule has 0 saturated carbocycles. The number of aliphatic hydroxyl groups excluding tert-OH is 1. The van der Waals surface area contributed by atoms with E-state index in [1.807, 2.05) is 91.0 Å². The van der Waals surface area contributed by atoms with E-state index in [2.05, 4.69) is 22.8 Å². The summed E-state index contributed by atoms with van der Waals surface area (Å²) in [5, 5.41) is 15.9. The van der Waals surface area contributed by atoms with Crippen LogP contribution in [0, 0.1) is 11.8 Å². The van der Waals surface area contributed by atoms with Gasteiger partial charge >= 0.3 is 5.97 Å². The molecule has 3 aromatic carbocycles. The predicted molar refractivity (Wildman–Crippen MR) is 175 cm³/mol. The van der Waals surface area contributed by atoms with Gasteiger partial charge in [0.2, 0.25) is 11.8 Å². The Morgan fingerprint density at radius 2 is 1.45 bits per heavy atom. The van der Waals surface area contributed by atoms with Crippen molar-refractivity contribution in [1.82, 2.24) is 10.6 Å². The van der Waals surface area contributed by atoms with E-state index in [0.29, 0.717) is 31.4 Å². The molecule has 232 valence electrons. The topological polar surface area (TPSA) is 105 Å². The Morgan fingerprint density at radius 3 is 2.09 bits per heavy atom. The third-order valence-corrected chi connectivity index (χ3v) is 8.76. The van der Waals surface area contributed by atoms with E-state index >= 15 is 0 Å². The molecule has 4 rings (SSSR count). The Morgan fingerprint density at radius 1 is 0.864 bits per heavy atom. The van der Waals surface area contributed by atoms with E-state index in [1.165, 1.54) is 5.56 Å². The maximum absolute atomic E-state index is 13.5. The lowest BCUT2D eigenvalue weighted by molar-refractivity contribution is -0.149. The summed E-state index contributed by atoms with van der Waals surface area (Å²) in [7, 11) is 0. The number of carbonyl (C=O) groups excluding carboxylic acids is 3. The van der Waals surface area contributed by atoms with Gasteiger partial charge in [0.15, 0.2) is 0 Å². The molecule has 4 atom stereocenters. The summed E-state index contributed by atoms with van der Waals surface area (Å²) in [4.78, 5) is 39.8. The molecule has 0 bridgehead atoms. The van der Waals surface area contributed by atoms with Crippen LogP contribution in [0.5, 0.6) is 0 Å². The first kappa shape index (κ1) is 33.0. The first-order valence-electron chi connectivity index (χ1n) is 15.2. The van der Waals surface area contributed by atoms with Gasteiger partial charge in [-0.25, -0.2) is 0 Å². The van der Waals surface area contributed by atoms with Crippen LogP contribution < -0.4 is 10.6 Å². The Hall–Kier alpha value is -3.88. The number of ether oxygens (including phenoxy) is 1. The van der Waals surface area contributed by atoms with Crippen molar-refractivity contribution >= 4 is 29.5 Å². The molecule has 0 fully saturated rings. The standard InChI is InChI=1S/C36H42N2O5S/c39-23-32(21-28-14-6-2-7-15-28)37-34(40)22-30-18-10-11-19-31(20-27-12-4-1-5-13-27)36(42)43-24-33(38-35(30)41)26-44-25-29-16-8-3-9-17-29/h1-17,30-33,39H,18-26H2,(H,37,40)(H,38,41)/t30-,31+,32+,33-/m1/s1. The summed E-state index contributed by atoms with van der Waals surface area (Å²) in [6.45, 7) is -0.143.